The zero-order chi connectivity index (χ0) is 12.5. The van der Waals surface area contributed by atoms with Crippen molar-refractivity contribution in [2.45, 2.75) is 56.4 Å². The summed E-state index contributed by atoms with van der Waals surface area (Å²) in [5, 5.41) is 3.87. The van der Waals surface area contributed by atoms with Gasteiger partial charge in [0.15, 0.2) is 0 Å². The molecule has 2 fully saturated rings. The summed E-state index contributed by atoms with van der Waals surface area (Å²) in [5.41, 5.74) is 0. The van der Waals surface area contributed by atoms with Crippen LogP contribution in [-0.2, 0) is 9.47 Å². The van der Waals surface area contributed by atoms with Crippen LogP contribution in [0.2, 0.25) is 0 Å². The Morgan fingerprint density at radius 1 is 1.06 bits per heavy atom. The Morgan fingerprint density at radius 2 is 1.89 bits per heavy atom. The number of ether oxygens (including phenoxy) is 2. The van der Waals surface area contributed by atoms with Gasteiger partial charge >= 0.3 is 0 Å². The average molecular weight is 251 g/mol. The van der Waals surface area contributed by atoms with Gasteiger partial charge in [0.1, 0.15) is 0 Å². The van der Waals surface area contributed by atoms with Crippen molar-refractivity contribution in [1.29, 1.82) is 0 Å². The van der Waals surface area contributed by atoms with E-state index in [4.69, 9.17) is 9.47 Å². The Balaban J connectivity index is 1.84. The van der Waals surface area contributed by atoms with Gasteiger partial charge in [-0.15, -0.1) is 0 Å². The molecule has 102 valence electrons. The minimum Gasteiger partial charge on any atom is -0.381 e. The third-order valence-electron chi connectivity index (χ3n) is 5.16. The molecule has 1 saturated heterocycles. The Kier molecular flexibility index (Phi) is 3.73. The van der Waals surface area contributed by atoms with Gasteiger partial charge in [0.2, 0.25) is 0 Å². The minimum absolute atomic E-state index is 0.212. The molecule has 1 aliphatic heterocycles. The predicted octanol–water partition coefficient (Wildman–Crippen LogP) is 2.12. The molecular weight excluding hydrogens is 226 g/mol. The van der Waals surface area contributed by atoms with Gasteiger partial charge in [-0.05, 0) is 19.3 Å². The number of hydrogen-bond acceptors (Lipinski definition) is 3. The van der Waals surface area contributed by atoms with Crippen molar-refractivity contribution in [3.05, 3.63) is 12.2 Å². The molecule has 2 aliphatic carbocycles. The van der Waals surface area contributed by atoms with Crippen molar-refractivity contribution in [2.24, 2.45) is 11.8 Å². The third kappa shape index (κ3) is 2.02. The first-order valence-corrected chi connectivity index (χ1v) is 7.33. The number of piperidine rings is 1. The van der Waals surface area contributed by atoms with E-state index in [9.17, 15) is 0 Å². The highest BCUT2D eigenvalue weighted by atomic mass is 16.5. The van der Waals surface area contributed by atoms with Gasteiger partial charge in [-0.1, -0.05) is 25.0 Å². The van der Waals surface area contributed by atoms with Crippen LogP contribution in [0.4, 0.5) is 0 Å². The largest absolute Gasteiger partial charge is 0.381 e. The first-order chi connectivity index (χ1) is 8.85. The lowest BCUT2D eigenvalue weighted by Crippen LogP contribution is -2.64. The Bertz CT molecular complexity index is 318. The molecule has 0 spiro atoms. The third-order valence-corrected chi connectivity index (χ3v) is 5.16. The molecule has 0 amide bonds. The predicted molar refractivity (Wildman–Crippen MR) is 71.5 cm³/mol. The van der Waals surface area contributed by atoms with Gasteiger partial charge in [-0.3, -0.25) is 0 Å². The highest BCUT2D eigenvalue weighted by Gasteiger charge is 2.47. The Morgan fingerprint density at radius 3 is 2.67 bits per heavy atom. The summed E-state index contributed by atoms with van der Waals surface area (Å²) in [6, 6.07) is 1.07. The minimum atomic E-state index is 0.212. The second-order valence-electron chi connectivity index (χ2n) is 5.98. The summed E-state index contributed by atoms with van der Waals surface area (Å²) in [4.78, 5) is 0. The second kappa shape index (κ2) is 5.32. The van der Waals surface area contributed by atoms with Crippen molar-refractivity contribution in [3.63, 3.8) is 0 Å². The van der Waals surface area contributed by atoms with Crippen LogP contribution in [0.15, 0.2) is 12.2 Å². The SMILES string of the molecule is COC1C=CCC2C1NC1CCCCC1C2OC. The Labute approximate surface area is 110 Å². The molecule has 0 radical (unpaired) electrons. The van der Waals surface area contributed by atoms with E-state index >= 15 is 0 Å². The number of hydrogen-bond donors (Lipinski definition) is 1. The molecule has 1 heterocycles. The van der Waals surface area contributed by atoms with Gasteiger partial charge in [0, 0.05) is 38.1 Å². The van der Waals surface area contributed by atoms with Crippen molar-refractivity contribution >= 4 is 0 Å². The lowest BCUT2D eigenvalue weighted by Gasteiger charge is -2.51. The summed E-state index contributed by atoms with van der Waals surface area (Å²) in [6.07, 6.45) is 11.6. The monoisotopic (exact) mass is 251 g/mol. The number of fused-ring (bicyclic) bond motifs is 2. The standard InChI is InChI=1S/C15H25NO2/c1-17-13-9-5-7-11-14(13)16-12-8-4-3-6-10(12)15(11)18-2/h5,9-16H,3-4,6-8H2,1-2H3. The smallest absolute Gasteiger partial charge is 0.0908 e. The normalized spacial score (nSPS) is 47.4. The molecule has 3 rings (SSSR count). The molecule has 3 aliphatic rings. The van der Waals surface area contributed by atoms with Crippen molar-refractivity contribution in [1.82, 2.24) is 5.32 Å². The van der Waals surface area contributed by atoms with Crippen LogP contribution in [-0.4, -0.2) is 38.5 Å². The first kappa shape index (κ1) is 12.6. The highest BCUT2D eigenvalue weighted by molar-refractivity contribution is 5.12. The summed E-state index contributed by atoms with van der Waals surface area (Å²) >= 11 is 0. The van der Waals surface area contributed by atoms with Crippen LogP contribution in [0.3, 0.4) is 0 Å². The lowest BCUT2D eigenvalue weighted by molar-refractivity contribution is -0.0847. The van der Waals surface area contributed by atoms with E-state index in [0.717, 1.165) is 6.42 Å². The number of methoxy groups -OCH3 is 2. The fourth-order valence-corrected chi connectivity index (χ4v) is 4.34. The van der Waals surface area contributed by atoms with Crippen LogP contribution in [0.25, 0.3) is 0 Å². The molecule has 6 atom stereocenters. The van der Waals surface area contributed by atoms with Crippen LogP contribution < -0.4 is 5.32 Å². The van der Waals surface area contributed by atoms with Crippen molar-refractivity contribution < 1.29 is 9.47 Å². The van der Waals surface area contributed by atoms with E-state index in [-0.39, 0.29) is 6.10 Å². The summed E-state index contributed by atoms with van der Waals surface area (Å²) < 4.78 is 11.5. The maximum atomic E-state index is 5.89. The highest BCUT2D eigenvalue weighted by Crippen LogP contribution is 2.40. The van der Waals surface area contributed by atoms with Crippen LogP contribution >= 0.6 is 0 Å². The van der Waals surface area contributed by atoms with Gasteiger partial charge in [-0.2, -0.15) is 0 Å². The number of allylic oxidation sites excluding steroid dienone is 1. The van der Waals surface area contributed by atoms with Crippen LogP contribution in [0.1, 0.15) is 32.1 Å². The van der Waals surface area contributed by atoms with E-state index in [2.05, 4.69) is 17.5 Å². The fraction of sp³-hybridized carbons (Fsp3) is 0.867. The van der Waals surface area contributed by atoms with E-state index < -0.39 is 0 Å². The molecule has 3 nitrogen and oxygen atoms in total. The van der Waals surface area contributed by atoms with E-state index in [1.54, 1.807) is 0 Å². The molecule has 1 saturated carbocycles. The summed E-state index contributed by atoms with van der Waals surface area (Å²) in [7, 11) is 3.70. The van der Waals surface area contributed by atoms with E-state index in [0.29, 0.717) is 30.0 Å². The summed E-state index contributed by atoms with van der Waals surface area (Å²) in [6.45, 7) is 0. The Hall–Kier alpha value is -0.380. The molecular formula is C15H25NO2. The van der Waals surface area contributed by atoms with Gasteiger partial charge < -0.3 is 14.8 Å². The van der Waals surface area contributed by atoms with Crippen molar-refractivity contribution in [3.8, 4) is 0 Å². The molecule has 0 aromatic heterocycles. The zero-order valence-electron chi connectivity index (χ0n) is 11.5. The molecule has 0 bridgehead atoms. The molecule has 1 N–H and O–H groups in total. The van der Waals surface area contributed by atoms with Gasteiger partial charge in [0.25, 0.3) is 0 Å². The average Bonchev–Trinajstić information content (AvgIpc) is 2.44. The van der Waals surface area contributed by atoms with Crippen molar-refractivity contribution in [2.75, 3.05) is 14.2 Å². The lowest BCUT2D eigenvalue weighted by atomic mass is 9.68. The van der Waals surface area contributed by atoms with Gasteiger partial charge in [0.05, 0.1) is 12.2 Å². The number of rotatable bonds is 2. The van der Waals surface area contributed by atoms with Crippen LogP contribution in [0.5, 0.6) is 0 Å². The van der Waals surface area contributed by atoms with E-state index in [1.807, 2.05) is 14.2 Å². The number of nitrogens with one attached hydrogen (secondary N) is 1. The zero-order valence-corrected chi connectivity index (χ0v) is 11.5. The molecule has 0 aromatic rings. The second-order valence-corrected chi connectivity index (χ2v) is 5.98. The van der Waals surface area contributed by atoms with Crippen LogP contribution in [0, 0.1) is 11.8 Å². The molecule has 6 unspecified atom stereocenters. The quantitative estimate of drug-likeness (QED) is 0.763. The first-order valence-electron chi connectivity index (χ1n) is 7.33. The molecule has 3 heteroatoms. The molecule has 18 heavy (non-hydrogen) atoms. The maximum absolute atomic E-state index is 5.89. The topological polar surface area (TPSA) is 30.5 Å². The van der Waals surface area contributed by atoms with Gasteiger partial charge in [-0.25, -0.2) is 0 Å². The molecule has 0 aromatic carbocycles. The fourth-order valence-electron chi connectivity index (χ4n) is 4.34. The van der Waals surface area contributed by atoms with E-state index in [1.165, 1.54) is 25.7 Å². The maximum Gasteiger partial charge on any atom is 0.0908 e. The summed E-state index contributed by atoms with van der Waals surface area (Å²) in [5.74, 6) is 1.28.